The van der Waals surface area contributed by atoms with Gasteiger partial charge in [-0.3, -0.25) is 0 Å². The molecule has 0 aliphatic carbocycles. The van der Waals surface area contributed by atoms with Gasteiger partial charge in [0.25, 0.3) is 0 Å². The molecule has 0 radical (unpaired) electrons. The molecule has 258 valence electrons. The van der Waals surface area contributed by atoms with E-state index in [0.717, 1.165) is 110 Å². The van der Waals surface area contributed by atoms with Crippen LogP contribution in [-0.4, -0.2) is 9.13 Å². The first kappa shape index (κ1) is 30.4. The van der Waals surface area contributed by atoms with Gasteiger partial charge >= 0.3 is 0 Å². The third-order valence-electron chi connectivity index (χ3n) is 11.3. The first-order valence-electron chi connectivity index (χ1n) is 18.4. The monoisotopic (exact) mass is 714 g/mol. The number of nitriles is 1. The van der Waals surface area contributed by atoms with Gasteiger partial charge in [0, 0.05) is 54.3 Å². The van der Waals surface area contributed by atoms with E-state index >= 15 is 0 Å². The molecule has 0 spiro atoms. The van der Waals surface area contributed by atoms with E-state index in [4.69, 9.17) is 15.4 Å². The number of aromatic nitrogens is 2. The maximum Gasteiger partial charge on any atom is 0.189 e. The Bertz CT molecular complexity index is 3750. The molecule has 0 N–H and O–H groups in total. The molecule has 0 bridgehead atoms. The van der Waals surface area contributed by atoms with Crippen LogP contribution < -0.4 is 0 Å². The molecular formula is C50H26N4O2. The fraction of sp³-hybridized carbons (Fsp3) is 0. The van der Waals surface area contributed by atoms with Crippen molar-refractivity contribution in [3.63, 3.8) is 0 Å². The molecule has 6 nitrogen and oxygen atoms in total. The lowest BCUT2D eigenvalue weighted by Crippen LogP contribution is -2.01. The molecule has 12 aromatic rings. The standard InChI is InChI=1S/C50H26N4O2/c1-52-31-21-30(22-32(23-31)53-42-17-6-2-12-34(42)38-26-48-40(24-44(38)53)36-14-4-8-19-46(36)55-48)33-16-10-11-29(28-51)50(33)54-43-18-7-3-13-35(43)39-27-49-41(25-45(39)54)37-15-5-9-20-47(37)56-49/h2-27H. The maximum absolute atomic E-state index is 10.8. The van der Waals surface area contributed by atoms with E-state index in [1.807, 2.05) is 78.9 Å². The molecule has 0 saturated heterocycles. The lowest BCUT2D eigenvalue weighted by Gasteiger charge is -2.17. The van der Waals surface area contributed by atoms with E-state index in [-0.39, 0.29) is 0 Å². The summed E-state index contributed by atoms with van der Waals surface area (Å²) < 4.78 is 17.1. The van der Waals surface area contributed by atoms with Gasteiger partial charge in [0.1, 0.15) is 28.4 Å². The van der Waals surface area contributed by atoms with Crippen LogP contribution in [0, 0.1) is 17.9 Å². The lowest BCUT2D eigenvalue weighted by molar-refractivity contribution is 0.669. The fourth-order valence-corrected chi connectivity index (χ4v) is 8.94. The van der Waals surface area contributed by atoms with Gasteiger partial charge in [0.2, 0.25) is 0 Å². The smallest absolute Gasteiger partial charge is 0.189 e. The van der Waals surface area contributed by atoms with Gasteiger partial charge in [-0.15, -0.1) is 0 Å². The Labute approximate surface area is 318 Å². The molecule has 0 amide bonds. The Balaban J connectivity index is 1.16. The second kappa shape index (κ2) is 11.2. The summed E-state index contributed by atoms with van der Waals surface area (Å²) in [6.45, 7) is 8.28. The number of rotatable bonds is 3. The number of nitrogens with zero attached hydrogens (tertiary/aromatic N) is 4. The summed E-state index contributed by atoms with van der Waals surface area (Å²) >= 11 is 0. The van der Waals surface area contributed by atoms with E-state index in [1.165, 1.54) is 0 Å². The highest BCUT2D eigenvalue weighted by atomic mass is 16.3. The molecule has 0 atom stereocenters. The van der Waals surface area contributed by atoms with Crippen LogP contribution >= 0.6 is 0 Å². The molecule has 4 aromatic heterocycles. The van der Waals surface area contributed by atoms with Crippen molar-refractivity contribution in [3.05, 3.63) is 175 Å². The normalized spacial score (nSPS) is 11.9. The predicted molar refractivity (Wildman–Crippen MR) is 226 cm³/mol. The van der Waals surface area contributed by atoms with Gasteiger partial charge in [0.15, 0.2) is 5.69 Å². The number of hydrogen-bond acceptors (Lipinski definition) is 3. The van der Waals surface area contributed by atoms with Crippen molar-refractivity contribution in [1.82, 2.24) is 9.13 Å². The van der Waals surface area contributed by atoms with E-state index in [0.29, 0.717) is 11.3 Å². The van der Waals surface area contributed by atoms with Crippen LogP contribution in [0.25, 0.3) is 115 Å². The van der Waals surface area contributed by atoms with E-state index in [9.17, 15) is 5.26 Å². The largest absolute Gasteiger partial charge is 0.456 e. The van der Waals surface area contributed by atoms with Crippen LogP contribution in [0.15, 0.2) is 167 Å². The van der Waals surface area contributed by atoms with Crippen molar-refractivity contribution in [3.8, 4) is 28.6 Å². The van der Waals surface area contributed by atoms with Crippen molar-refractivity contribution in [2.24, 2.45) is 0 Å². The molecule has 0 fully saturated rings. The zero-order valence-corrected chi connectivity index (χ0v) is 29.6. The van der Waals surface area contributed by atoms with Gasteiger partial charge in [-0.1, -0.05) is 84.9 Å². The summed E-state index contributed by atoms with van der Waals surface area (Å²) in [6, 6.07) is 56.0. The highest BCUT2D eigenvalue weighted by molar-refractivity contribution is 6.19. The van der Waals surface area contributed by atoms with E-state index < -0.39 is 0 Å². The molecule has 0 unspecified atom stereocenters. The van der Waals surface area contributed by atoms with Crippen LogP contribution in [0.5, 0.6) is 0 Å². The van der Waals surface area contributed by atoms with Crippen molar-refractivity contribution < 1.29 is 8.83 Å². The van der Waals surface area contributed by atoms with Gasteiger partial charge in [-0.2, -0.15) is 5.26 Å². The highest BCUT2D eigenvalue weighted by Crippen LogP contribution is 2.44. The molecule has 0 saturated carbocycles. The summed E-state index contributed by atoms with van der Waals surface area (Å²) in [4.78, 5) is 4.00. The van der Waals surface area contributed by atoms with E-state index in [1.54, 1.807) is 0 Å². The van der Waals surface area contributed by atoms with Crippen LogP contribution in [0.3, 0.4) is 0 Å². The van der Waals surface area contributed by atoms with Crippen molar-refractivity contribution in [2.75, 3.05) is 0 Å². The SMILES string of the molecule is [C-]#[N+]c1cc(-c2cccc(C#N)c2-n2c3ccccc3c3cc4oc5ccccc5c4cc32)cc(-n2c3ccccc3c3cc4oc5ccccc5c4cc32)c1. The summed E-state index contributed by atoms with van der Waals surface area (Å²) in [5.74, 6) is 0. The van der Waals surface area contributed by atoms with Crippen LogP contribution in [0.1, 0.15) is 5.56 Å². The van der Waals surface area contributed by atoms with Crippen molar-refractivity contribution in [2.45, 2.75) is 0 Å². The number of para-hydroxylation sites is 5. The molecule has 0 aliphatic rings. The number of furan rings is 2. The van der Waals surface area contributed by atoms with Crippen molar-refractivity contribution in [1.29, 1.82) is 5.26 Å². The Morgan fingerprint density at radius 3 is 1.62 bits per heavy atom. The van der Waals surface area contributed by atoms with Gasteiger partial charge in [-0.05, 0) is 78.4 Å². The fourth-order valence-electron chi connectivity index (χ4n) is 8.94. The third-order valence-corrected chi connectivity index (χ3v) is 11.3. The van der Waals surface area contributed by atoms with Gasteiger partial charge in [-0.25, -0.2) is 4.85 Å². The topological polar surface area (TPSA) is 64.3 Å². The summed E-state index contributed by atoms with van der Waals surface area (Å²) in [7, 11) is 0. The zero-order valence-electron chi connectivity index (χ0n) is 29.6. The minimum atomic E-state index is 0.500. The van der Waals surface area contributed by atoms with Crippen LogP contribution in [0.4, 0.5) is 5.69 Å². The second-order valence-electron chi connectivity index (χ2n) is 14.3. The van der Waals surface area contributed by atoms with Gasteiger partial charge < -0.3 is 18.0 Å². The first-order valence-corrected chi connectivity index (χ1v) is 18.4. The number of fused-ring (bicyclic) bond motifs is 12. The van der Waals surface area contributed by atoms with Crippen LogP contribution in [0.2, 0.25) is 0 Å². The average molecular weight is 715 g/mol. The molecule has 4 heterocycles. The van der Waals surface area contributed by atoms with E-state index in [2.05, 4.69) is 98.9 Å². The summed E-state index contributed by atoms with van der Waals surface area (Å²) in [5.41, 5.74) is 11.6. The Morgan fingerprint density at radius 2 is 1.02 bits per heavy atom. The molecule has 6 heteroatoms. The zero-order chi connectivity index (χ0) is 37.1. The highest BCUT2D eigenvalue weighted by Gasteiger charge is 2.23. The summed E-state index contributed by atoms with van der Waals surface area (Å²) in [6.07, 6.45) is 0. The molecule has 0 aliphatic heterocycles. The molecule has 56 heavy (non-hydrogen) atoms. The van der Waals surface area contributed by atoms with Crippen LogP contribution in [-0.2, 0) is 0 Å². The molecular weight excluding hydrogens is 689 g/mol. The predicted octanol–water partition coefficient (Wildman–Crippen LogP) is 13.8. The second-order valence-corrected chi connectivity index (χ2v) is 14.3. The van der Waals surface area contributed by atoms with Gasteiger partial charge in [0.05, 0.1) is 39.9 Å². The quantitative estimate of drug-likeness (QED) is 0.171. The molecule has 8 aromatic carbocycles. The minimum Gasteiger partial charge on any atom is -0.456 e. The average Bonchev–Trinajstić information content (AvgIpc) is 3.98. The Morgan fingerprint density at radius 1 is 0.464 bits per heavy atom. The number of benzene rings is 8. The lowest BCUT2D eigenvalue weighted by atomic mass is 9.98. The number of hydrogen-bond donors (Lipinski definition) is 0. The Hall–Kier alpha value is -8.06. The Kier molecular flexibility index (Phi) is 6.10. The van der Waals surface area contributed by atoms with Crippen molar-refractivity contribution >= 4 is 93.2 Å². The molecule has 12 rings (SSSR count). The summed E-state index contributed by atoms with van der Waals surface area (Å²) in [5, 5.41) is 19.2. The minimum absolute atomic E-state index is 0.500. The first-order chi connectivity index (χ1) is 27.7. The third kappa shape index (κ3) is 4.13. The maximum atomic E-state index is 10.8.